The van der Waals surface area contributed by atoms with E-state index in [0.717, 1.165) is 12.1 Å². The molecule has 0 bridgehead atoms. The monoisotopic (exact) mass is 317 g/mol. The van der Waals surface area contributed by atoms with Gasteiger partial charge in [-0.2, -0.15) is 18.3 Å². The first-order valence-corrected chi connectivity index (χ1v) is 6.61. The standard InChI is InChI=1S/C16H10F3N3O/c17-16(18,19)10-3-1-4-11(9-10)21-22-13-6-7-14(23)15-12(13)5-2-8-20-15/h1-9,23H. The van der Waals surface area contributed by atoms with Crippen LogP contribution in [-0.2, 0) is 6.18 Å². The molecule has 1 heterocycles. The van der Waals surface area contributed by atoms with Gasteiger partial charge >= 0.3 is 6.18 Å². The van der Waals surface area contributed by atoms with E-state index >= 15 is 0 Å². The van der Waals surface area contributed by atoms with Crippen molar-refractivity contribution < 1.29 is 18.3 Å². The number of fused-ring (bicyclic) bond motifs is 1. The van der Waals surface area contributed by atoms with Crippen molar-refractivity contribution in [1.29, 1.82) is 0 Å². The van der Waals surface area contributed by atoms with Gasteiger partial charge in [0.05, 0.1) is 16.9 Å². The van der Waals surface area contributed by atoms with E-state index in [1.165, 1.54) is 30.5 Å². The minimum absolute atomic E-state index is 0.00128. The minimum Gasteiger partial charge on any atom is -0.506 e. The smallest absolute Gasteiger partial charge is 0.416 e. The molecule has 0 aliphatic rings. The molecule has 116 valence electrons. The number of halogens is 3. The Kier molecular flexibility index (Phi) is 3.69. The molecular weight excluding hydrogens is 307 g/mol. The fourth-order valence-electron chi connectivity index (χ4n) is 2.09. The van der Waals surface area contributed by atoms with Gasteiger partial charge in [-0.15, -0.1) is 5.11 Å². The van der Waals surface area contributed by atoms with Crippen LogP contribution in [0.3, 0.4) is 0 Å². The number of pyridine rings is 1. The molecule has 0 radical (unpaired) electrons. The van der Waals surface area contributed by atoms with E-state index in [9.17, 15) is 18.3 Å². The molecule has 0 amide bonds. The molecule has 7 heteroatoms. The molecule has 0 spiro atoms. The zero-order chi connectivity index (χ0) is 16.4. The highest BCUT2D eigenvalue weighted by molar-refractivity contribution is 5.93. The quantitative estimate of drug-likeness (QED) is 0.645. The van der Waals surface area contributed by atoms with E-state index in [1.54, 1.807) is 12.1 Å². The maximum absolute atomic E-state index is 12.7. The van der Waals surface area contributed by atoms with Gasteiger partial charge in [0.1, 0.15) is 11.3 Å². The van der Waals surface area contributed by atoms with E-state index in [2.05, 4.69) is 15.2 Å². The highest BCUT2D eigenvalue weighted by Crippen LogP contribution is 2.34. The molecule has 4 nitrogen and oxygen atoms in total. The summed E-state index contributed by atoms with van der Waals surface area (Å²) < 4.78 is 38.0. The maximum atomic E-state index is 12.7. The molecule has 0 saturated heterocycles. The topological polar surface area (TPSA) is 57.8 Å². The van der Waals surface area contributed by atoms with Gasteiger partial charge in [-0.1, -0.05) is 6.07 Å². The van der Waals surface area contributed by atoms with Crippen LogP contribution in [-0.4, -0.2) is 10.1 Å². The van der Waals surface area contributed by atoms with E-state index in [1.807, 2.05) is 0 Å². The fraction of sp³-hybridized carbons (Fsp3) is 0.0625. The highest BCUT2D eigenvalue weighted by Gasteiger charge is 2.30. The number of aromatic hydroxyl groups is 1. The number of rotatable bonds is 2. The lowest BCUT2D eigenvalue weighted by molar-refractivity contribution is -0.137. The SMILES string of the molecule is Oc1ccc(N=Nc2cccc(C(F)(F)F)c2)c2cccnc12. The molecule has 1 aromatic heterocycles. The summed E-state index contributed by atoms with van der Waals surface area (Å²) in [5.41, 5.74) is 0.0624. The minimum atomic E-state index is -4.43. The number of aromatic nitrogens is 1. The first-order valence-electron chi connectivity index (χ1n) is 6.61. The van der Waals surface area contributed by atoms with E-state index in [0.29, 0.717) is 16.6 Å². The lowest BCUT2D eigenvalue weighted by Crippen LogP contribution is -2.03. The van der Waals surface area contributed by atoms with Gasteiger partial charge in [-0.05, 0) is 42.5 Å². The third-order valence-corrected chi connectivity index (χ3v) is 3.17. The van der Waals surface area contributed by atoms with Crippen LogP contribution in [0.2, 0.25) is 0 Å². The summed E-state index contributed by atoms with van der Waals surface area (Å²) in [7, 11) is 0. The summed E-state index contributed by atoms with van der Waals surface area (Å²) in [6.07, 6.45) is -2.91. The van der Waals surface area contributed by atoms with E-state index in [-0.39, 0.29) is 11.4 Å². The summed E-state index contributed by atoms with van der Waals surface area (Å²) in [4.78, 5) is 4.04. The first kappa shape index (κ1) is 15.0. The van der Waals surface area contributed by atoms with Crippen LogP contribution in [0.4, 0.5) is 24.5 Å². The Morgan fingerprint density at radius 1 is 0.957 bits per heavy atom. The normalized spacial score (nSPS) is 12.1. The molecule has 23 heavy (non-hydrogen) atoms. The summed E-state index contributed by atoms with van der Waals surface area (Å²) in [5, 5.41) is 18.1. The van der Waals surface area contributed by atoms with Crippen LogP contribution in [0.15, 0.2) is 65.0 Å². The third kappa shape index (κ3) is 3.13. The first-order chi connectivity index (χ1) is 10.9. The average molecular weight is 317 g/mol. The Morgan fingerprint density at radius 2 is 1.78 bits per heavy atom. The predicted octanol–water partition coefficient (Wildman–Crippen LogP) is 5.37. The number of alkyl halides is 3. The lowest BCUT2D eigenvalue weighted by atomic mass is 10.2. The molecule has 0 aliphatic heterocycles. The van der Waals surface area contributed by atoms with E-state index < -0.39 is 11.7 Å². The number of nitrogens with zero attached hydrogens (tertiary/aromatic N) is 3. The Morgan fingerprint density at radius 3 is 2.57 bits per heavy atom. The van der Waals surface area contributed by atoms with Crippen LogP contribution in [0, 0.1) is 0 Å². The zero-order valence-electron chi connectivity index (χ0n) is 11.6. The number of phenols is 1. The summed E-state index contributed by atoms with van der Waals surface area (Å²) in [6.45, 7) is 0. The van der Waals surface area contributed by atoms with Crippen molar-refractivity contribution >= 4 is 22.3 Å². The lowest BCUT2D eigenvalue weighted by Gasteiger charge is -2.06. The molecule has 2 aromatic carbocycles. The number of phenolic OH excluding ortho intramolecular Hbond substituents is 1. The second kappa shape index (κ2) is 5.68. The van der Waals surface area contributed by atoms with Gasteiger partial charge in [0.15, 0.2) is 0 Å². The second-order valence-corrected chi connectivity index (χ2v) is 4.75. The van der Waals surface area contributed by atoms with Crippen molar-refractivity contribution in [3.05, 3.63) is 60.3 Å². The van der Waals surface area contributed by atoms with Crippen molar-refractivity contribution in [1.82, 2.24) is 4.98 Å². The van der Waals surface area contributed by atoms with Crippen LogP contribution < -0.4 is 0 Å². The zero-order valence-corrected chi connectivity index (χ0v) is 11.6. The van der Waals surface area contributed by atoms with Crippen LogP contribution in [0.1, 0.15) is 5.56 Å². The summed E-state index contributed by atoms with van der Waals surface area (Å²) >= 11 is 0. The Bertz CT molecular complexity index is 891. The van der Waals surface area contributed by atoms with Crippen molar-refractivity contribution in [3.63, 3.8) is 0 Å². The van der Waals surface area contributed by atoms with Gasteiger partial charge in [-0.25, -0.2) is 0 Å². The molecule has 3 rings (SSSR count). The summed E-state index contributed by atoms with van der Waals surface area (Å²) in [5.74, 6) is -0.00128. The molecule has 0 aliphatic carbocycles. The Balaban J connectivity index is 2.00. The van der Waals surface area contributed by atoms with Crippen molar-refractivity contribution in [2.45, 2.75) is 6.18 Å². The molecule has 3 aromatic rings. The summed E-state index contributed by atoms with van der Waals surface area (Å²) in [6, 6.07) is 10.9. The van der Waals surface area contributed by atoms with Gasteiger partial charge in [-0.3, -0.25) is 4.98 Å². The molecule has 0 fully saturated rings. The maximum Gasteiger partial charge on any atom is 0.416 e. The number of benzene rings is 2. The Labute approximate surface area is 128 Å². The van der Waals surface area contributed by atoms with Crippen molar-refractivity contribution in [3.8, 4) is 5.75 Å². The van der Waals surface area contributed by atoms with Gasteiger partial charge < -0.3 is 5.11 Å². The number of hydrogen-bond donors (Lipinski definition) is 1. The molecule has 0 atom stereocenters. The third-order valence-electron chi connectivity index (χ3n) is 3.17. The molecule has 1 N–H and O–H groups in total. The highest BCUT2D eigenvalue weighted by atomic mass is 19.4. The van der Waals surface area contributed by atoms with E-state index in [4.69, 9.17) is 0 Å². The Hall–Kier alpha value is -2.96. The average Bonchev–Trinajstić information content (AvgIpc) is 2.54. The number of azo groups is 1. The molecular formula is C16H10F3N3O. The van der Waals surface area contributed by atoms with Crippen LogP contribution in [0.25, 0.3) is 10.9 Å². The van der Waals surface area contributed by atoms with Gasteiger partial charge in [0.2, 0.25) is 0 Å². The second-order valence-electron chi connectivity index (χ2n) is 4.75. The number of hydrogen-bond acceptors (Lipinski definition) is 4. The molecule has 0 unspecified atom stereocenters. The van der Waals surface area contributed by atoms with Crippen molar-refractivity contribution in [2.24, 2.45) is 10.2 Å². The van der Waals surface area contributed by atoms with Crippen molar-refractivity contribution in [2.75, 3.05) is 0 Å². The largest absolute Gasteiger partial charge is 0.506 e. The predicted molar refractivity (Wildman–Crippen MR) is 79.0 cm³/mol. The van der Waals surface area contributed by atoms with Crippen LogP contribution >= 0.6 is 0 Å². The fourth-order valence-corrected chi connectivity index (χ4v) is 2.09. The van der Waals surface area contributed by atoms with Gasteiger partial charge in [0, 0.05) is 11.6 Å². The van der Waals surface area contributed by atoms with Gasteiger partial charge in [0.25, 0.3) is 0 Å². The van der Waals surface area contributed by atoms with Crippen LogP contribution in [0.5, 0.6) is 5.75 Å². The molecule has 0 saturated carbocycles.